The highest BCUT2D eigenvalue weighted by molar-refractivity contribution is 6.18. The SMILES string of the molecule is Cc1nn(C)c(Oc2ccccc2)c1C=NOCc1ccc(C(=O)OC(C)(C)CCl)cc1. The first-order valence-corrected chi connectivity index (χ1v) is 10.6. The van der Waals surface area contributed by atoms with Crippen molar-refractivity contribution in [1.82, 2.24) is 9.78 Å². The van der Waals surface area contributed by atoms with Crippen LogP contribution in [0.2, 0.25) is 0 Å². The topological polar surface area (TPSA) is 74.9 Å². The molecule has 7 nitrogen and oxygen atoms in total. The van der Waals surface area contributed by atoms with E-state index in [0.717, 1.165) is 16.8 Å². The van der Waals surface area contributed by atoms with E-state index in [4.69, 9.17) is 25.9 Å². The molecule has 168 valence electrons. The predicted octanol–water partition coefficient (Wildman–Crippen LogP) is 5.25. The summed E-state index contributed by atoms with van der Waals surface area (Å²) in [5.41, 5.74) is 2.09. The second-order valence-corrected chi connectivity index (χ2v) is 8.10. The molecule has 0 aliphatic heterocycles. The van der Waals surface area contributed by atoms with Gasteiger partial charge in [-0.15, -0.1) is 11.6 Å². The van der Waals surface area contributed by atoms with Gasteiger partial charge in [-0.2, -0.15) is 5.10 Å². The maximum Gasteiger partial charge on any atom is 0.338 e. The zero-order valence-electron chi connectivity index (χ0n) is 18.5. The van der Waals surface area contributed by atoms with Gasteiger partial charge in [-0.25, -0.2) is 9.48 Å². The molecule has 1 heterocycles. The number of hydrogen-bond acceptors (Lipinski definition) is 6. The number of esters is 1. The Morgan fingerprint density at radius 3 is 2.50 bits per heavy atom. The average Bonchev–Trinajstić information content (AvgIpc) is 3.04. The van der Waals surface area contributed by atoms with E-state index in [2.05, 4.69) is 10.3 Å². The molecule has 0 atom stereocenters. The van der Waals surface area contributed by atoms with Gasteiger partial charge in [0.15, 0.2) is 0 Å². The van der Waals surface area contributed by atoms with Crippen molar-refractivity contribution >= 4 is 23.8 Å². The molecule has 0 aliphatic rings. The Kier molecular flexibility index (Phi) is 7.53. The van der Waals surface area contributed by atoms with Gasteiger partial charge in [-0.3, -0.25) is 0 Å². The van der Waals surface area contributed by atoms with E-state index < -0.39 is 11.6 Å². The first kappa shape index (κ1) is 23.3. The van der Waals surface area contributed by atoms with Crippen LogP contribution in [0.15, 0.2) is 59.8 Å². The Labute approximate surface area is 192 Å². The van der Waals surface area contributed by atoms with Gasteiger partial charge in [0, 0.05) is 7.05 Å². The van der Waals surface area contributed by atoms with Gasteiger partial charge in [0.25, 0.3) is 0 Å². The number of hydrogen-bond donors (Lipinski definition) is 0. The van der Waals surface area contributed by atoms with E-state index in [1.54, 1.807) is 49.0 Å². The van der Waals surface area contributed by atoms with E-state index >= 15 is 0 Å². The van der Waals surface area contributed by atoms with Gasteiger partial charge in [0.05, 0.1) is 28.9 Å². The summed E-state index contributed by atoms with van der Waals surface area (Å²) in [6.45, 7) is 5.65. The number of oxime groups is 1. The van der Waals surface area contributed by atoms with E-state index in [1.165, 1.54) is 0 Å². The molecule has 0 radical (unpaired) electrons. The van der Waals surface area contributed by atoms with Crippen LogP contribution in [-0.2, 0) is 23.2 Å². The quantitative estimate of drug-likeness (QED) is 0.191. The predicted molar refractivity (Wildman–Crippen MR) is 124 cm³/mol. The Morgan fingerprint density at radius 1 is 1.16 bits per heavy atom. The molecule has 0 spiro atoms. The standard InChI is InChI=1S/C24H26ClN3O4/c1-17-21(22(28(4)27-17)31-20-8-6-5-7-9-20)14-26-30-15-18-10-12-19(13-11-18)23(29)32-24(2,3)16-25/h5-14H,15-16H2,1-4H3. The molecule has 2 aromatic carbocycles. The average molecular weight is 456 g/mol. The minimum atomic E-state index is -0.720. The van der Waals surface area contributed by atoms with E-state index in [0.29, 0.717) is 17.2 Å². The van der Waals surface area contributed by atoms with Gasteiger partial charge in [0.2, 0.25) is 5.88 Å². The molecule has 0 fully saturated rings. The van der Waals surface area contributed by atoms with Gasteiger partial charge in [-0.1, -0.05) is 35.5 Å². The summed E-state index contributed by atoms with van der Waals surface area (Å²) in [7, 11) is 1.81. The highest BCUT2D eigenvalue weighted by Crippen LogP contribution is 2.25. The van der Waals surface area contributed by atoms with Crippen LogP contribution in [0.25, 0.3) is 0 Å². The molecule has 0 saturated carbocycles. The molecule has 0 bridgehead atoms. The molecule has 0 N–H and O–H groups in total. The first-order valence-electron chi connectivity index (χ1n) is 10.1. The molecule has 0 amide bonds. The second-order valence-electron chi connectivity index (χ2n) is 7.83. The van der Waals surface area contributed by atoms with Crippen LogP contribution in [0, 0.1) is 6.92 Å². The summed E-state index contributed by atoms with van der Waals surface area (Å²) in [5, 5.41) is 8.46. The molecule has 3 aromatic rings. The van der Waals surface area contributed by atoms with E-state index in [9.17, 15) is 4.79 Å². The fourth-order valence-corrected chi connectivity index (χ4v) is 2.85. The van der Waals surface area contributed by atoms with E-state index in [1.807, 2.05) is 44.3 Å². The largest absolute Gasteiger partial charge is 0.455 e. The van der Waals surface area contributed by atoms with Crippen LogP contribution < -0.4 is 4.74 Å². The number of carbonyl (C=O) groups is 1. The number of para-hydroxylation sites is 1. The van der Waals surface area contributed by atoms with Crippen LogP contribution in [-0.4, -0.2) is 33.4 Å². The van der Waals surface area contributed by atoms with Crippen molar-refractivity contribution in [3.8, 4) is 11.6 Å². The lowest BCUT2D eigenvalue weighted by Gasteiger charge is -2.22. The minimum Gasteiger partial charge on any atom is -0.455 e. The third kappa shape index (κ3) is 6.11. The Hall–Kier alpha value is -3.32. The molecular formula is C24H26ClN3O4. The number of benzene rings is 2. The summed E-state index contributed by atoms with van der Waals surface area (Å²) in [6, 6.07) is 16.4. The normalized spacial score (nSPS) is 11.5. The number of rotatable bonds is 9. The Morgan fingerprint density at radius 2 is 1.84 bits per heavy atom. The highest BCUT2D eigenvalue weighted by atomic mass is 35.5. The summed E-state index contributed by atoms with van der Waals surface area (Å²) < 4.78 is 13.0. The number of nitrogens with zero attached hydrogens (tertiary/aromatic N) is 3. The van der Waals surface area contributed by atoms with Gasteiger partial charge in [-0.05, 0) is 50.6 Å². The third-order valence-corrected chi connectivity index (χ3v) is 5.18. The lowest BCUT2D eigenvalue weighted by Crippen LogP contribution is -2.29. The number of halogens is 1. The minimum absolute atomic E-state index is 0.219. The van der Waals surface area contributed by atoms with Crippen LogP contribution in [0.1, 0.15) is 41.0 Å². The maximum atomic E-state index is 12.2. The molecule has 0 aliphatic carbocycles. The zero-order valence-corrected chi connectivity index (χ0v) is 19.3. The number of alkyl halides is 1. The summed E-state index contributed by atoms with van der Waals surface area (Å²) in [5.74, 6) is 1.08. The van der Waals surface area contributed by atoms with Crippen molar-refractivity contribution in [2.24, 2.45) is 12.2 Å². The number of aromatic nitrogens is 2. The number of aryl methyl sites for hydroxylation is 2. The van der Waals surface area contributed by atoms with Crippen LogP contribution in [0.4, 0.5) is 0 Å². The van der Waals surface area contributed by atoms with Crippen molar-refractivity contribution in [2.45, 2.75) is 33.0 Å². The fraction of sp³-hybridized carbons (Fsp3) is 0.292. The zero-order chi connectivity index (χ0) is 23.1. The Balaban J connectivity index is 1.60. The second kappa shape index (κ2) is 10.3. The molecule has 8 heteroatoms. The maximum absolute atomic E-state index is 12.2. The van der Waals surface area contributed by atoms with Crippen molar-refractivity contribution in [3.05, 3.63) is 77.0 Å². The smallest absolute Gasteiger partial charge is 0.338 e. The van der Waals surface area contributed by atoms with Gasteiger partial charge < -0.3 is 14.3 Å². The van der Waals surface area contributed by atoms with Crippen molar-refractivity contribution < 1.29 is 19.1 Å². The molecule has 3 rings (SSSR count). The van der Waals surface area contributed by atoms with Crippen LogP contribution in [0.3, 0.4) is 0 Å². The number of carbonyl (C=O) groups excluding carboxylic acids is 1. The molecule has 32 heavy (non-hydrogen) atoms. The summed E-state index contributed by atoms with van der Waals surface area (Å²) in [6.07, 6.45) is 1.58. The summed E-state index contributed by atoms with van der Waals surface area (Å²) >= 11 is 5.81. The third-order valence-electron chi connectivity index (χ3n) is 4.54. The molecule has 0 saturated heterocycles. The van der Waals surface area contributed by atoms with Crippen molar-refractivity contribution in [1.29, 1.82) is 0 Å². The van der Waals surface area contributed by atoms with Gasteiger partial charge >= 0.3 is 5.97 Å². The van der Waals surface area contributed by atoms with Crippen LogP contribution >= 0.6 is 11.6 Å². The van der Waals surface area contributed by atoms with Gasteiger partial charge in [0.1, 0.15) is 18.0 Å². The molecule has 1 aromatic heterocycles. The fourth-order valence-electron chi connectivity index (χ4n) is 2.80. The Bertz CT molecular complexity index is 1080. The summed E-state index contributed by atoms with van der Waals surface area (Å²) in [4.78, 5) is 17.6. The monoisotopic (exact) mass is 455 g/mol. The van der Waals surface area contributed by atoms with Crippen LogP contribution in [0.5, 0.6) is 11.6 Å². The van der Waals surface area contributed by atoms with E-state index in [-0.39, 0.29) is 12.5 Å². The van der Waals surface area contributed by atoms with Crippen molar-refractivity contribution in [3.63, 3.8) is 0 Å². The lowest BCUT2D eigenvalue weighted by atomic mass is 10.1. The highest BCUT2D eigenvalue weighted by Gasteiger charge is 2.22. The first-order chi connectivity index (χ1) is 15.3. The number of ether oxygens (including phenoxy) is 2. The lowest BCUT2D eigenvalue weighted by molar-refractivity contribution is 0.00827. The molecule has 0 unspecified atom stereocenters. The van der Waals surface area contributed by atoms with Crippen molar-refractivity contribution in [2.75, 3.05) is 5.88 Å². The molecular weight excluding hydrogens is 430 g/mol.